The predicted octanol–water partition coefficient (Wildman–Crippen LogP) is 3.94. The second-order valence-electron chi connectivity index (χ2n) is 4.59. The minimum Gasteiger partial charge on any atom is -0.325 e. The van der Waals surface area contributed by atoms with Crippen LogP contribution < -0.4 is 5.32 Å². The standard InChI is InChI=1S/C15H11N3O3S2/c19-14(16-10-4-2-1-3-5-10)9-22-15-17-12-7-6-11(18(20)21)8-13(12)23-15/h1-8H,9H2,(H,16,19). The molecular formula is C15H11N3O3S2. The summed E-state index contributed by atoms with van der Waals surface area (Å²) in [7, 11) is 0. The lowest BCUT2D eigenvalue weighted by atomic mass is 10.3. The Bertz CT molecular complexity index is 865. The second-order valence-corrected chi connectivity index (χ2v) is 6.84. The highest BCUT2D eigenvalue weighted by molar-refractivity contribution is 8.01. The smallest absolute Gasteiger partial charge is 0.270 e. The third-order valence-corrected chi connectivity index (χ3v) is 5.11. The average Bonchev–Trinajstić information content (AvgIpc) is 2.96. The first-order valence-electron chi connectivity index (χ1n) is 6.64. The number of rotatable bonds is 5. The van der Waals surface area contributed by atoms with Gasteiger partial charge in [0.1, 0.15) is 0 Å². The summed E-state index contributed by atoms with van der Waals surface area (Å²) in [6.45, 7) is 0. The lowest BCUT2D eigenvalue weighted by Crippen LogP contribution is -2.13. The van der Waals surface area contributed by atoms with Crippen LogP contribution in [0.25, 0.3) is 10.2 Å². The molecule has 2 aromatic carbocycles. The van der Waals surface area contributed by atoms with Crippen molar-refractivity contribution < 1.29 is 9.72 Å². The number of hydrogen-bond acceptors (Lipinski definition) is 6. The average molecular weight is 345 g/mol. The van der Waals surface area contributed by atoms with Crippen LogP contribution in [0.15, 0.2) is 52.9 Å². The van der Waals surface area contributed by atoms with E-state index >= 15 is 0 Å². The lowest BCUT2D eigenvalue weighted by molar-refractivity contribution is -0.384. The molecule has 3 rings (SSSR count). The van der Waals surface area contributed by atoms with Gasteiger partial charge in [-0.2, -0.15) is 0 Å². The molecule has 6 nitrogen and oxygen atoms in total. The summed E-state index contributed by atoms with van der Waals surface area (Å²) in [5, 5.41) is 13.6. The Labute approximate surface area is 139 Å². The number of carbonyl (C=O) groups excluding carboxylic acids is 1. The van der Waals surface area contributed by atoms with Crippen molar-refractivity contribution in [1.29, 1.82) is 0 Å². The monoisotopic (exact) mass is 345 g/mol. The fraction of sp³-hybridized carbons (Fsp3) is 0.0667. The van der Waals surface area contributed by atoms with E-state index in [1.54, 1.807) is 6.07 Å². The van der Waals surface area contributed by atoms with Crippen LogP contribution in [0.1, 0.15) is 0 Å². The van der Waals surface area contributed by atoms with Crippen molar-refractivity contribution in [3.05, 3.63) is 58.6 Å². The second kappa shape index (κ2) is 6.76. The van der Waals surface area contributed by atoms with Crippen LogP contribution in [0.4, 0.5) is 11.4 Å². The number of amides is 1. The molecule has 8 heteroatoms. The third-order valence-electron chi connectivity index (χ3n) is 2.95. The quantitative estimate of drug-likeness (QED) is 0.430. The van der Waals surface area contributed by atoms with E-state index in [1.807, 2.05) is 30.3 Å². The van der Waals surface area contributed by atoms with Gasteiger partial charge in [0.2, 0.25) is 5.91 Å². The van der Waals surface area contributed by atoms with Gasteiger partial charge in [-0.15, -0.1) is 11.3 Å². The van der Waals surface area contributed by atoms with Gasteiger partial charge < -0.3 is 5.32 Å². The van der Waals surface area contributed by atoms with E-state index in [0.717, 1.165) is 10.4 Å². The van der Waals surface area contributed by atoms with Gasteiger partial charge in [0.15, 0.2) is 4.34 Å². The fourth-order valence-corrected chi connectivity index (χ4v) is 3.81. The van der Waals surface area contributed by atoms with Gasteiger partial charge in [-0.25, -0.2) is 4.98 Å². The van der Waals surface area contributed by atoms with E-state index in [9.17, 15) is 14.9 Å². The summed E-state index contributed by atoms with van der Waals surface area (Å²) in [6, 6.07) is 13.8. The number of nitro groups is 1. The molecule has 3 aromatic rings. The Morgan fingerprint density at radius 2 is 2.04 bits per heavy atom. The molecule has 0 atom stereocenters. The molecule has 1 N–H and O–H groups in total. The number of nitrogens with zero attached hydrogens (tertiary/aromatic N) is 2. The van der Waals surface area contributed by atoms with E-state index < -0.39 is 4.92 Å². The van der Waals surface area contributed by atoms with Crippen LogP contribution in [0.2, 0.25) is 0 Å². The van der Waals surface area contributed by atoms with Gasteiger partial charge in [0.05, 0.1) is 20.9 Å². The Kier molecular flexibility index (Phi) is 4.54. The Morgan fingerprint density at radius 1 is 1.26 bits per heavy atom. The number of carbonyl (C=O) groups is 1. The number of nitrogens with one attached hydrogen (secondary N) is 1. The molecule has 1 aromatic heterocycles. The predicted molar refractivity (Wildman–Crippen MR) is 92.1 cm³/mol. The molecule has 0 aliphatic carbocycles. The van der Waals surface area contributed by atoms with Crippen LogP contribution in [0.3, 0.4) is 0 Å². The van der Waals surface area contributed by atoms with Crippen molar-refractivity contribution in [3.63, 3.8) is 0 Å². The first-order valence-corrected chi connectivity index (χ1v) is 8.45. The summed E-state index contributed by atoms with van der Waals surface area (Å²) < 4.78 is 1.45. The van der Waals surface area contributed by atoms with Crippen LogP contribution in [0.5, 0.6) is 0 Å². The summed E-state index contributed by atoms with van der Waals surface area (Å²) >= 11 is 2.66. The van der Waals surface area contributed by atoms with E-state index in [2.05, 4.69) is 10.3 Å². The molecule has 23 heavy (non-hydrogen) atoms. The molecular weight excluding hydrogens is 334 g/mol. The van der Waals surface area contributed by atoms with E-state index in [4.69, 9.17) is 0 Å². The zero-order valence-corrected chi connectivity index (χ0v) is 13.4. The molecule has 0 aliphatic heterocycles. The van der Waals surface area contributed by atoms with Gasteiger partial charge in [0, 0.05) is 17.8 Å². The number of thiazole rings is 1. The van der Waals surface area contributed by atoms with Crippen molar-refractivity contribution in [2.75, 3.05) is 11.1 Å². The van der Waals surface area contributed by atoms with Crippen molar-refractivity contribution in [3.8, 4) is 0 Å². The van der Waals surface area contributed by atoms with Gasteiger partial charge in [0.25, 0.3) is 5.69 Å². The number of non-ortho nitro benzene ring substituents is 1. The number of aromatic nitrogens is 1. The van der Waals surface area contributed by atoms with Crippen molar-refractivity contribution >= 4 is 50.6 Å². The maximum Gasteiger partial charge on any atom is 0.270 e. The first kappa shape index (κ1) is 15.4. The number of para-hydroxylation sites is 1. The lowest BCUT2D eigenvalue weighted by Gasteiger charge is -2.03. The molecule has 0 saturated heterocycles. The minimum absolute atomic E-state index is 0.0412. The van der Waals surface area contributed by atoms with Gasteiger partial charge in [-0.3, -0.25) is 14.9 Å². The van der Waals surface area contributed by atoms with Gasteiger partial charge in [-0.1, -0.05) is 30.0 Å². The molecule has 1 amide bonds. The van der Waals surface area contributed by atoms with Crippen LogP contribution in [0, 0.1) is 10.1 Å². The number of anilines is 1. The van der Waals surface area contributed by atoms with E-state index in [-0.39, 0.29) is 17.3 Å². The molecule has 0 saturated carbocycles. The topological polar surface area (TPSA) is 85.1 Å². The first-order chi connectivity index (χ1) is 11.1. The number of benzene rings is 2. The maximum atomic E-state index is 11.9. The number of hydrogen-bond donors (Lipinski definition) is 1. The van der Waals surface area contributed by atoms with Crippen LogP contribution in [-0.2, 0) is 4.79 Å². The van der Waals surface area contributed by atoms with Gasteiger partial charge in [-0.05, 0) is 18.2 Å². The molecule has 0 fully saturated rings. The molecule has 0 bridgehead atoms. The highest BCUT2D eigenvalue weighted by Gasteiger charge is 2.11. The largest absolute Gasteiger partial charge is 0.325 e. The Balaban J connectivity index is 1.65. The van der Waals surface area contributed by atoms with Gasteiger partial charge >= 0.3 is 0 Å². The summed E-state index contributed by atoms with van der Waals surface area (Å²) in [4.78, 5) is 26.6. The Morgan fingerprint density at radius 3 is 2.78 bits per heavy atom. The SMILES string of the molecule is O=C(CSc1nc2ccc([N+](=O)[O-])cc2s1)Nc1ccccc1. The normalized spacial score (nSPS) is 10.6. The third kappa shape index (κ3) is 3.85. The zero-order valence-electron chi connectivity index (χ0n) is 11.8. The molecule has 0 spiro atoms. The van der Waals surface area contributed by atoms with Crippen LogP contribution >= 0.6 is 23.1 Å². The van der Waals surface area contributed by atoms with Crippen molar-refractivity contribution in [2.45, 2.75) is 4.34 Å². The summed E-state index contributed by atoms with van der Waals surface area (Å²) in [6.07, 6.45) is 0. The number of nitro benzene ring substituents is 1. The zero-order chi connectivity index (χ0) is 16.2. The molecule has 0 aliphatic rings. The molecule has 1 heterocycles. The maximum absolute atomic E-state index is 11.9. The highest BCUT2D eigenvalue weighted by atomic mass is 32.2. The number of thioether (sulfide) groups is 1. The summed E-state index contributed by atoms with van der Waals surface area (Å²) in [5.74, 6) is 0.114. The van der Waals surface area contributed by atoms with E-state index in [0.29, 0.717) is 9.86 Å². The summed E-state index contributed by atoms with van der Waals surface area (Å²) in [5.41, 5.74) is 1.49. The number of fused-ring (bicyclic) bond motifs is 1. The fourth-order valence-electron chi connectivity index (χ4n) is 1.91. The van der Waals surface area contributed by atoms with Crippen molar-refractivity contribution in [2.24, 2.45) is 0 Å². The molecule has 0 radical (unpaired) electrons. The van der Waals surface area contributed by atoms with Crippen LogP contribution in [-0.4, -0.2) is 21.6 Å². The van der Waals surface area contributed by atoms with Crippen molar-refractivity contribution in [1.82, 2.24) is 4.98 Å². The Hall–Kier alpha value is -2.45. The molecule has 116 valence electrons. The highest BCUT2D eigenvalue weighted by Crippen LogP contribution is 2.31. The minimum atomic E-state index is -0.431. The van der Waals surface area contributed by atoms with E-state index in [1.165, 1.54) is 35.2 Å². The molecule has 0 unspecified atom stereocenters.